The van der Waals surface area contributed by atoms with E-state index in [1.165, 1.54) is 0 Å². The summed E-state index contributed by atoms with van der Waals surface area (Å²) in [5.74, 6) is -3.09. The molecule has 0 aromatic carbocycles. The van der Waals surface area contributed by atoms with Crippen molar-refractivity contribution in [2.45, 2.75) is 13.3 Å². The lowest BCUT2D eigenvalue weighted by atomic mass is 9.88. The molecule has 0 aromatic rings. The third-order valence-corrected chi connectivity index (χ3v) is 3.57. The Balaban J connectivity index is 0. The summed E-state index contributed by atoms with van der Waals surface area (Å²) in [7, 11) is 0. The zero-order valence-electron chi connectivity index (χ0n) is 18.5. The van der Waals surface area contributed by atoms with Crippen LogP contribution in [0.4, 0.5) is 0 Å². The molecule has 0 aliphatic carbocycles. The molecular formula is C23H28O10. The fourth-order valence-corrected chi connectivity index (χ4v) is 1.57. The first-order chi connectivity index (χ1) is 15.6. The van der Waals surface area contributed by atoms with E-state index in [-0.39, 0.29) is 19.8 Å². The van der Waals surface area contributed by atoms with Crippen molar-refractivity contribution < 1.29 is 47.7 Å². The molecule has 33 heavy (non-hydrogen) atoms. The van der Waals surface area contributed by atoms with Gasteiger partial charge in [0.1, 0.15) is 32.3 Å². The molecule has 180 valence electrons. The molecule has 0 unspecified atom stereocenters. The monoisotopic (exact) mass is 464 g/mol. The first kappa shape index (κ1) is 31.0. The lowest BCUT2D eigenvalue weighted by molar-refractivity contribution is -0.156. The largest absolute Gasteiger partial charge is 0.462 e. The third kappa shape index (κ3) is 16.2. The summed E-state index contributed by atoms with van der Waals surface area (Å²) in [6.07, 6.45) is 7.35. The lowest BCUT2D eigenvalue weighted by Gasteiger charge is -2.30. The van der Waals surface area contributed by atoms with Gasteiger partial charge in [-0.25, -0.2) is 24.0 Å². The number of hydrogen-bond acceptors (Lipinski definition) is 10. The smallest absolute Gasteiger partial charge is 0.335 e. The fraction of sp³-hybridized carbons (Fsp3) is 0.261. The summed E-state index contributed by atoms with van der Waals surface area (Å²) in [6, 6.07) is 0. The van der Waals surface area contributed by atoms with Gasteiger partial charge in [-0.05, 0) is 6.42 Å². The number of carbonyl (C=O) groups is 5. The molecule has 0 atom stereocenters. The van der Waals surface area contributed by atoms with E-state index in [0.29, 0.717) is 6.42 Å². The van der Waals surface area contributed by atoms with Gasteiger partial charge in [-0.3, -0.25) is 0 Å². The first-order valence-corrected chi connectivity index (χ1v) is 9.32. The van der Waals surface area contributed by atoms with Gasteiger partial charge in [0.2, 0.25) is 0 Å². The minimum Gasteiger partial charge on any atom is -0.462 e. The lowest BCUT2D eigenvalue weighted by Crippen LogP contribution is -2.38. The quantitative estimate of drug-likeness (QED) is 0.163. The second kappa shape index (κ2) is 18.6. The van der Waals surface area contributed by atoms with Crippen molar-refractivity contribution in [3.63, 3.8) is 0 Å². The predicted octanol–water partition coefficient (Wildman–Crippen LogP) is 2.49. The highest BCUT2D eigenvalue weighted by molar-refractivity contribution is 5.83. The Kier molecular flexibility index (Phi) is 17.4. The summed E-state index contributed by atoms with van der Waals surface area (Å²) < 4.78 is 23.6. The van der Waals surface area contributed by atoms with Gasteiger partial charge in [0.15, 0.2) is 0 Å². The van der Waals surface area contributed by atoms with Crippen LogP contribution in [0.5, 0.6) is 0 Å². The van der Waals surface area contributed by atoms with Gasteiger partial charge >= 0.3 is 29.8 Å². The average Bonchev–Trinajstić information content (AvgIpc) is 2.85. The predicted molar refractivity (Wildman–Crippen MR) is 118 cm³/mol. The van der Waals surface area contributed by atoms with Crippen LogP contribution in [0.2, 0.25) is 0 Å². The number of hydrogen-bond donors (Lipinski definition) is 0. The number of rotatable bonds is 14. The van der Waals surface area contributed by atoms with Gasteiger partial charge in [-0.2, -0.15) is 0 Å². The molecule has 0 aliphatic rings. The average molecular weight is 464 g/mol. The zero-order chi connectivity index (χ0) is 25.7. The van der Waals surface area contributed by atoms with E-state index in [2.05, 4.69) is 42.4 Å². The van der Waals surface area contributed by atoms with E-state index >= 15 is 0 Å². The van der Waals surface area contributed by atoms with Crippen LogP contribution in [-0.2, 0) is 47.7 Å². The minimum atomic E-state index is -0.837. The van der Waals surface area contributed by atoms with Crippen LogP contribution in [0.1, 0.15) is 13.3 Å². The van der Waals surface area contributed by atoms with Gasteiger partial charge in [0.25, 0.3) is 0 Å². The SMILES string of the molecule is C=CC(=O)O/C=C/OC(=O)C=C.C=CC(=O)OCC(CC)(COC(=O)C=C)COC(=O)C=C. The number of ether oxygens (including phenoxy) is 5. The molecular weight excluding hydrogens is 436 g/mol. The van der Waals surface area contributed by atoms with Gasteiger partial charge in [0.05, 0.1) is 5.41 Å². The maximum absolute atomic E-state index is 11.2. The zero-order valence-corrected chi connectivity index (χ0v) is 18.5. The van der Waals surface area contributed by atoms with E-state index in [9.17, 15) is 24.0 Å². The van der Waals surface area contributed by atoms with Crippen molar-refractivity contribution in [1.82, 2.24) is 0 Å². The molecule has 0 aromatic heterocycles. The summed E-state index contributed by atoms with van der Waals surface area (Å²) in [4.78, 5) is 54.3. The Morgan fingerprint density at radius 1 is 0.576 bits per heavy atom. The summed E-state index contributed by atoms with van der Waals surface area (Å²) >= 11 is 0. The summed E-state index contributed by atoms with van der Waals surface area (Å²) in [5.41, 5.74) is -0.837. The Hall–Kier alpha value is -4.21. The fourth-order valence-electron chi connectivity index (χ4n) is 1.57. The van der Waals surface area contributed by atoms with E-state index in [4.69, 9.17) is 14.2 Å². The minimum absolute atomic E-state index is 0.0802. The van der Waals surface area contributed by atoms with Gasteiger partial charge < -0.3 is 23.7 Å². The standard InChI is InChI=1S/C15H20O6.C8H8O4/c1-5-12(16)19-9-15(8-4,10-20-13(17)6-2)11-21-14(18)7-3;1-3-7(9)11-5-6-12-8(10)4-2/h5-7H,1-3,8-11H2,4H3;3-6H,1-2H2/b;6-5+. The van der Waals surface area contributed by atoms with Crippen LogP contribution < -0.4 is 0 Å². The molecule has 0 fully saturated rings. The van der Waals surface area contributed by atoms with Gasteiger partial charge in [-0.1, -0.05) is 39.8 Å². The Morgan fingerprint density at radius 3 is 1.06 bits per heavy atom. The van der Waals surface area contributed by atoms with E-state index in [0.717, 1.165) is 42.9 Å². The summed E-state index contributed by atoms with van der Waals surface area (Å²) in [6.45, 7) is 17.7. The van der Waals surface area contributed by atoms with E-state index < -0.39 is 35.3 Å². The van der Waals surface area contributed by atoms with Crippen molar-refractivity contribution >= 4 is 29.8 Å². The van der Waals surface area contributed by atoms with Crippen LogP contribution in [0.25, 0.3) is 0 Å². The van der Waals surface area contributed by atoms with Crippen LogP contribution in [0, 0.1) is 5.41 Å². The summed E-state index contributed by atoms with van der Waals surface area (Å²) in [5, 5.41) is 0. The molecule has 0 heterocycles. The van der Waals surface area contributed by atoms with Crippen molar-refractivity contribution in [2.75, 3.05) is 19.8 Å². The van der Waals surface area contributed by atoms with Crippen molar-refractivity contribution in [2.24, 2.45) is 5.41 Å². The highest BCUT2D eigenvalue weighted by atomic mass is 16.6. The maximum Gasteiger partial charge on any atom is 0.335 e. The molecule has 0 saturated carbocycles. The Labute approximate surface area is 192 Å². The van der Waals surface area contributed by atoms with Crippen molar-refractivity contribution in [3.8, 4) is 0 Å². The molecule has 0 spiro atoms. The molecule has 0 amide bonds. The van der Waals surface area contributed by atoms with E-state index in [1.54, 1.807) is 6.92 Å². The van der Waals surface area contributed by atoms with Gasteiger partial charge in [-0.15, -0.1) is 0 Å². The highest BCUT2D eigenvalue weighted by Crippen LogP contribution is 2.24. The molecule has 0 aliphatic heterocycles. The van der Waals surface area contributed by atoms with Crippen LogP contribution in [0.15, 0.2) is 75.8 Å². The Morgan fingerprint density at radius 2 is 0.848 bits per heavy atom. The molecule has 0 N–H and O–H groups in total. The Bertz CT molecular complexity index is 692. The molecule has 0 rings (SSSR count). The van der Waals surface area contributed by atoms with Crippen LogP contribution in [0.3, 0.4) is 0 Å². The second-order valence-corrected chi connectivity index (χ2v) is 5.84. The van der Waals surface area contributed by atoms with Crippen LogP contribution >= 0.6 is 0 Å². The first-order valence-electron chi connectivity index (χ1n) is 9.32. The molecule has 10 heteroatoms. The second-order valence-electron chi connectivity index (χ2n) is 5.84. The molecule has 0 saturated heterocycles. The molecule has 10 nitrogen and oxygen atoms in total. The number of carbonyl (C=O) groups excluding carboxylic acids is 5. The highest BCUT2D eigenvalue weighted by Gasteiger charge is 2.33. The third-order valence-electron chi connectivity index (χ3n) is 3.57. The van der Waals surface area contributed by atoms with E-state index in [1.807, 2.05) is 0 Å². The van der Waals surface area contributed by atoms with Crippen molar-refractivity contribution in [3.05, 3.63) is 75.8 Å². The van der Waals surface area contributed by atoms with Gasteiger partial charge in [0, 0.05) is 30.4 Å². The molecule has 0 radical (unpaired) electrons. The van der Waals surface area contributed by atoms with Crippen LogP contribution in [-0.4, -0.2) is 49.7 Å². The number of esters is 5. The molecule has 0 bridgehead atoms. The topological polar surface area (TPSA) is 132 Å². The normalized spacial score (nSPS) is 9.73. The van der Waals surface area contributed by atoms with Crippen molar-refractivity contribution in [1.29, 1.82) is 0 Å². The maximum atomic E-state index is 11.2.